The predicted octanol–water partition coefficient (Wildman–Crippen LogP) is 3.14. The van der Waals surface area contributed by atoms with E-state index >= 15 is 0 Å². The molecule has 0 radical (unpaired) electrons. The Hall–Kier alpha value is -0.910. The summed E-state index contributed by atoms with van der Waals surface area (Å²) in [5.41, 5.74) is 1.69. The number of piperidine rings is 1. The molecule has 0 aromatic heterocycles. The molecule has 5 aliphatic rings. The molecule has 2 aliphatic carbocycles. The molecule has 0 aromatic carbocycles. The molecule has 0 aromatic rings. The fourth-order valence-electron chi connectivity index (χ4n) is 6.60. The Labute approximate surface area is 162 Å². The SMILES string of the molecule is C=C1CCC[C@@]2(C)C[C@H]3OC(=O)[C@@H](CN4CCC5(CC4)OCCO5)[C@@H]3C[C@@H]12. The first kappa shape index (κ1) is 18.1. The molecule has 5 fully saturated rings. The van der Waals surface area contributed by atoms with E-state index in [9.17, 15) is 4.79 Å². The molecule has 3 heterocycles. The van der Waals surface area contributed by atoms with Crippen molar-refractivity contribution in [2.24, 2.45) is 23.2 Å². The van der Waals surface area contributed by atoms with Crippen molar-refractivity contribution < 1.29 is 19.0 Å². The van der Waals surface area contributed by atoms with Crippen molar-refractivity contribution in [1.29, 1.82) is 0 Å². The number of likely N-dealkylation sites (tertiary alicyclic amines) is 1. The summed E-state index contributed by atoms with van der Waals surface area (Å²) in [6, 6.07) is 0. The molecule has 0 unspecified atom stereocenters. The highest BCUT2D eigenvalue weighted by Gasteiger charge is 2.55. The predicted molar refractivity (Wildman–Crippen MR) is 101 cm³/mol. The molecule has 5 rings (SSSR count). The van der Waals surface area contributed by atoms with Gasteiger partial charge in [0.15, 0.2) is 5.79 Å². The Morgan fingerprint density at radius 3 is 2.67 bits per heavy atom. The summed E-state index contributed by atoms with van der Waals surface area (Å²) in [6.07, 6.45) is 7.67. The van der Waals surface area contributed by atoms with Crippen molar-refractivity contribution in [3.63, 3.8) is 0 Å². The highest BCUT2D eigenvalue weighted by atomic mass is 16.7. The smallest absolute Gasteiger partial charge is 0.310 e. The fourth-order valence-corrected chi connectivity index (χ4v) is 6.60. The number of rotatable bonds is 2. The highest BCUT2D eigenvalue weighted by Crippen LogP contribution is 2.57. The zero-order valence-corrected chi connectivity index (χ0v) is 16.6. The summed E-state index contributed by atoms with van der Waals surface area (Å²) in [4.78, 5) is 15.2. The Bertz CT molecular complexity index is 618. The van der Waals surface area contributed by atoms with Crippen LogP contribution in [0.4, 0.5) is 0 Å². The Morgan fingerprint density at radius 1 is 1.19 bits per heavy atom. The number of carbonyl (C=O) groups is 1. The van der Waals surface area contributed by atoms with E-state index in [0.717, 1.165) is 51.7 Å². The number of carbonyl (C=O) groups excluding carboxylic acids is 1. The lowest BCUT2D eigenvalue weighted by Gasteiger charge is -2.50. The highest BCUT2D eigenvalue weighted by molar-refractivity contribution is 5.75. The molecule has 0 N–H and O–H groups in total. The van der Waals surface area contributed by atoms with Crippen LogP contribution in [0.15, 0.2) is 12.2 Å². The van der Waals surface area contributed by atoms with Crippen LogP contribution in [0.3, 0.4) is 0 Å². The van der Waals surface area contributed by atoms with Crippen molar-refractivity contribution in [3.8, 4) is 0 Å². The summed E-state index contributed by atoms with van der Waals surface area (Å²) in [5, 5.41) is 0. The second-order valence-corrected chi connectivity index (χ2v) is 9.81. The number of ether oxygens (including phenoxy) is 3. The monoisotopic (exact) mass is 375 g/mol. The van der Waals surface area contributed by atoms with Crippen LogP contribution in [-0.2, 0) is 19.0 Å². The number of hydrogen-bond donors (Lipinski definition) is 0. The largest absolute Gasteiger partial charge is 0.462 e. The molecule has 0 amide bonds. The second-order valence-electron chi connectivity index (χ2n) is 9.81. The van der Waals surface area contributed by atoms with Crippen LogP contribution in [0.5, 0.6) is 0 Å². The van der Waals surface area contributed by atoms with Gasteiger partial charge in [0.25, 0.3) is 0 Å². The van der Waals surface area contributed by atoms with Crippen molar-refractivity contribution in [3.05, 3.63) is 12.2 Å². The summed E-state index contributed by atoms with van der Waals surface area (Å²) in [6.45, 7) is 10.9. The fraction of sp³-hybridized carbons (Fsp3) is 0.864. The van der Waals surface area contributed by atoms with Crippen LogP contribution < -0.4 is 0 Å². The van der Waals surface area contributed by atoms with Crippen molar-refractivity contribution in [1.82, 2.24) is 4.90 Å². The number of esters is 1. The topological polar surface area (TPSA) is 48.0 Å². The maximum absolute atomic E-state index is 12.7. The van der Waals surface area contributed by atoms with Gasteiger partial charge in [0, 0.05) is 38.4 Å². The number of hydrogen-bond acceptors (Lipinski definition) is 5. The van der Waals surface area contributed by atoms with Gasteiger partial charge in [-0.1, -0.05) is 19.1 Å². The zero-order valence-electron chi connectivity index (χ0n) is 16.6. The molecule has 1 spiro atoms. The van der Waals surface area contributed by atoms with Gasteiger partial charge in [0.05, 0.1) is 19.1 Å². The van der Waals surface area contributed by atoms with Crippen LogP contribution in [0, 0.1) is 23.2 Å². The van der Waals surface area contributed by atoms with Gasteiger partial charge in [-0.2, -0.15) is 0 Å². The van der Waals surface area contributed by atoms with Gasteiger partial charge >= 0.3 is 5.97 Å². The standard InChI is InChI=1S/C22H33NO4/c1-15-4-3-5-21(2)13-19-16(12-18(15)21)17(20(24)27-19)14-23-8-6-22(7-9-23)25-10-11-26-22/h16-19H,1,3-14H2,2H3/t16-,17-,18-,19+,21-/m0/s1. The average molecular weight is 376 g/mol. The number of allylic oxidation sites excluding steroid dienone is 1. The molecule has 5 nitrogen and oxygen atoms in total. The average Bonchev–Trinajstić information content (AvgIpc) is 3.20. The lowest BCUT2D eigenvalue weighted by atomic mass is 9.55. The van der Waals surface area contributed by atoms with Crippen LogP contribution >= 0.6 is 0 Å². The summed E-state index contributed by atoms with van der Waals surface area (Å²) >= 11 is 0. The maximum atomic E-state index is 12.7. The van der Waals surface area contributed by atoms with E-state index in [2.05, 4.69) is 18.4 Å². The third-order valence-corrected chi connectivity index (χ3v) is 8.21. The lowest BCUT2D eigenvalue weighted by molar-refractivity contribution is -0.186. The third-order valence-electron chi connectivity index (χ3n) is 8.21. The first-order valence-corrected chi connectivity index (χ1v) is 10.9. The summed E-state index contributed by atoms with van der Waals surface area (Å²) in [7, 11) is 0. The van der Waals surface area contributed by atoms with E-state index in [4.69, 9.17) is 14.2 Å². The minimum Gasteiger partial charge on any atom is -0.462 e. The Morgan fingerprint density at radius 2 is 1.93 bits per heavy atom. The molecular weight excluding hydrogens is 342 g/mol. The van der Waals surface area contributed by atoms with Crippen LogP contribution in [0.1, 0.15) is 51.9 Å². The normalized spacial score (nSPS) is 44.2. The molecule has 150 valence electrons. The van der Waals surface area contributed by atoms with E-state index < -0.39 is 0 Å². The molecule has 5 heteroatoms. The van der Waals surface area contributed by atoms with Crippen LogP contribution in [-0.4, -0.2) is 55.6 Å². The van der Waals surface area contributed by atoms with Gasteiger partial charge in [-0.15, -0.1) is 0 Å². The summed E-state index contributed by atoms with van der Waals surface area (Å²) in [5.74, 6) is 0.636. The van der Waals surface area contributed by atoms with Crippen molar-refractivity contribution in [2.45, 2.75) is 63.8 Å². The van der Waals surface area contributed by atoms with Gasteiger partial charge in [0.2, 0.25) is 0 Å². The molecule has 2 saturated carbocycles. The van der Waals surface area contributed by atoms with E-state index in [1.165, 1.54) is 18.4 Å². The van der Waals surface area contributed by atoms with Gasteiger partial charge < -0.3 is 19.1 Å². The van der Waals surface area contributed by atoms with Gasteiger partial charge in [-0.3, -0.25) is 4.79 Å². The van der Waals surface area contributed by atoms with Gasteiger partial charge in [-0.05, 0) is 43.4 Å². The van der Waals surface area contributed by atoms with Crippen LogP contribution in [0.25, 0.3) is 0 Å². The zero-order chi connectivity index (χ0) is 18.6. The number of fused-ring (bicyclic) bond motifs is 2. The lowest BCUT2D eigenvalue weighted by Crippen LogP contribution is -2.49. The molecule has 3 saturated heterocycles. The molecule has 5 atom stereocenters. The minimum atomic E-state index is -0.346. The third kappa shape index (κ3) is 3.06. The molecule has 27 heavy (non-hydrogen) atoms. The van der Waals surface area contributed by atoms with Crippen molar-refractivity contribution in [2.75, 3.05) is 32.8 Å². The van der Waals surface area contributed by atoms with Gasteiger partial charge in [-0.25, -0.2) is 0 Å². The van der Waals surface area contributed by atoms with E-state index in [1.54, 1.807) is 0 Å². The Kier molecular flexibility index (Phi) is 4.41. The summed E-state index contributed by atoms with van der Waals surface area (Å²) < 4.78 is 17.6. The van der Waals surface area contributed by atoms with E-state index in [-0.39, 0.29) is 29.2 Å². The first-order valence-electron chi connectivity index (χ1n) is 10.9. The maximum Gasteiger partial charge on any atom is 0.310 e. The first-order chi connectivity index (χ1) is 13.0. The molecule has 3 aliphatic heterocycles. The number of nitrogens with zero attached hydrogens (tertiary/aromatic N) is 1. The Balaban J connectivity index is 1.26. The van der Waals surface area contributed by atoms with Gasteiger partial charge in [0.1, 0.15) is 6.10 Å². The van der Waals surface area contributed by atoms with Crippen LogP contribution in [0.2, 0.25) is 0 Å². The second kappa shape index (κ2) is 6.57. The molecule has 0 bridgehead atoms. The minimum absolute atomic E-state index is 0.0220. The van der Waals surface area contributed by atoms with E-state index in [0.29, 0.717) is 25.0 Å². The van der Waals surface area contributed by atoms with Crippen molar-refractivity contribution >= 4 is 5.97 Å². The quantitative estimate of drug-likeness (QED) is 0.548. The van der Waals surface area contributed by atoms with E-state index in [1.807, 2.05) is 0 Å². The molecular formula is C22H33NO4.